The van der Waals surface area contributed by atoms with Crippen molar-refractivity contribution in [2.24, 2.45) is 23.7 Å². The average Bonchev–Trinajstić information content (AvgIpc) is 2.15. The van der Waals surface area contributed by atoms with Gasteiger partial charge in [-0.25, -0.2) is 0 Å². The molecule has 0 aromatic rings. The Morgan fingerprint density at radius 1 is 0.500 bits per heavy atom. The number of rotatable bonds is 8. The van der Waals surface area contributed by atoms with E-state index < -0.39 is 0 Å². The molecule has 1 radical (unpaired) electrons. The Labute approximate surface area is 172 Å². The summed E-state index contributed by atoms with van der Waals surface area (Å²) < 4.78 is 0. The summed E-state index contributed by atoms with van der Waals surface area (Å²) >= 11 is 0. The van der Waals surface area contributed by atoms with E-state index >= 15 is 0 Å². The minimum Gasteiger partial charge on any atom is -1.00 e. The summed E-state index contributed by atoms with van der Waals surface area (Å²) in [6.07, 6.45) is 0. The van der Waals surface area contributed by atoms with Gasteiger partial charge in [-0.15, -0.1) is 26.2 Å². The molecule has 0 N–H and O–H groups in total. The fourth-order valence-electron chi connectivity index (χ4n) is 1.18. The molecule has 0 bridgehead atoms. The van der Waals surface area contributed by atoms with Crippen molar-refractivity contribution in [2.45, 2.75) is 55.4 Å². The molecule has 0 saturated heterocycles. The maximum atomic E-state index is 4.37. The van der Waals surface area contributed by atoms with E-state index in [2.05, 4.69) is 66.0 Å². The van der Waals surface area contributed by atoms with E-state index in [0.29, 0.717) is 0 Å². The van der Waals surface area contributed by atoms with Gasteiger partial charge in [0.05, 0.1) is 0 Å². The zero-order chi connectivity index (χ0) is 14.6. The van der Waals surface area contributed by atoms with Crippen molar-refractivity contribution >= 4 is 0 Å². The second kappa shape index (κ2) is 20.8. The molecule has 4 heteroatoms. The van der Waals surface area contributed by atoms with Gasteiger partial charge in [-0.3, -0.25) is 0 Å². The molecule has 121 valence electrons. The van der Waals surface area contributed by atoms with Gasteiger partial charge in [0.1, 0.15) is 0 Å². The van der Waals surface area contributed by atoms with E-state index in [0.717, 1.165) is 49.9 Å². The molecule has 0 heterocycles. The summed E-state index contributed by atoms with van der Waals surface area (Å²) in [6.45, 7) is 21.7. The van der Waals surface area contributed by atoms with E-state index in [4.69, 9.17) is 0 Å². The van der Waals surface area contributed by atoms with Crippen LogP contribution in [0.4, 0.5) is 0 Å². The molecule has 0 aromatic heterocycles. The Morgan fingerprint density at radius 3 is 0.750 bits per heavy atom. The average molecular weight is 481 g/mol. The van der Waals surface area contributed by atoms with Crippen LogP contribution in [-0.4, -0.2) is 26.2 Å². The van der Waals surface area contributed by atoms with E-state index in [-0.39, 0.29) is 57.8 Å². The van der Waals surface area contributed by atoms with Crippen molar-refractivity contribution in [3.63, 3.8) is 0 Å². The van der Waals surface area contributed by atoms with E-state index in [1.165, 1.54) is 0 Å². The first-order valence-corrected chi connectivity index (χ1v) is 7.52. The maximum Gasteiger partial charge on any atom is 3.00 e. The number of hydrogen-bond donors (Lipinski definition) is 0. The van der Waals surface area contributed by atoms with Crippen molar-refractivity contribution in [3.8, 4) is 0 Å². The van der Waals surface area contributed by atoms with Crippen LogP contribution in [0.2, 0.25) is 0 Å². The number of nitrogens with zero attached hydrogens (tertiary/aromatic N) is 2. The fourth-order valence-corrected chi connectivity index (χ4v) is 1.18. The van der Waals surface area contributed by atoms with Gasteiger partial charge >= 0.3 is 40.8 Å². The molecular weight excluding hydrogens is 444 g/mol. The van der Waals surface area contributed by atoms with E-state index in [9.17, 15) is 0 Å². The van der Waals surface area contributed by atoms with Crippen LogP contribution >= 0.6 is 0 Å². The minimum atomic E-state index is 0. The summed E-state index contributed by atoms with van der Waals surface area (Å²) in [5.41, 5.74) is 0. The van der Waals surface area contributed by atoms with Gasteiger partial charge in [-0.1, -0.05) is 79.1 Å². The van der Waals surface area contributed by atoms with Gasteiger partial charge in [-0.05, 0) is 0 Å². The Hall–Kier alpha value is 1.75. The van der Waals surface area contributed by atoms with Crippen LogP contribution < -0.4 is 17.0 Å². The van der Waals surface area contributed by atoms with Crippen LogP contribution in [0.1, 0.15) is 55.4 Å². The topological polar surface area (TPSA) is 28.2 Å². The smallest absolute Gasteiger partial charge is 1.00 e. The standard InChI is InChI=1S/2C8H18N.BrH.Nd/c2*1-7(2)5-9-6-8(3)4;;/h2*7-8H,5-6H2,1-4H3;1H;/q2*-1;;+3/p-1. The van der Waals surface area contributed by atoms with Crippen molar-refractivity contribution in [1.82, 2.24) is 0 Å². The van der Waals surface area contributed by atoms with Gasteiger partial charge in [0.15, 0.2) is 0 Å². The van der Waals surface area contributed by atoms with Crippen LogP contribution in [0.25, 0.3) is 10.6 Å². The van der Waals surface area contributed by atoms with E-state index in [1.807, 2.05) is 0 Å². The quantitative estimate of drug-likeness (QED) is 0.510. The maximum absolute atomic E-state index is 4.37. The van der Waals surface area contributed by atoms with Crippen LogP contribution in [0, 0.1) is 64.5 Å². The van der Waals surface area contributed by atoms with Gasteiger partial charge in [0.2, 0.25) is 0 Å². The predicted molar refractivity (Wildman–Crippen MR) is 85.5 cm³/mol. The van der Waals surface area contributed by atoms with Crippen LogP contribution in [-0.2, 0) is 0 Å². The summed E-state index contributed by atoms with van der Waals surface area (Å²) in [6, 6.07) is 0. The van der Waals surface area contributed by atoms with Gasteiger partial charge in [0, 0.05) is 0 Å². The third-order valence-electron chi connectivity index (χ3n) is 1.98. The van der Waals surface area contributed by atoms with Gasteiger partial charge < -0.3 is 27.6 Å². The van der Waals surface area contributed by atoms with Crippen LogP contribution in [0.15, 0.2) is 0 Å². The molecule has 0 atom stereocenters. The largest absolute Gasteiger partial charge is 3.00 e. The molecule has 0 aromatic carbocycles. The first-order chi connectivity index (χ1) is 8.25. The SMILES string of the molecule is CC(C)C[N-]CC(C)C.CC(C)C[N-]CC(C)C.[Br-].[Nd+3]. The summed E-state index contributed by atoms with van der Waals surface area (Å²) in [4.78, 5) is 0. The van der Waals surface area contributed by atoms with Crippen LogP contribution in [0.5, 0.6) is 0 Å². The Bertz CT molecular complexity index is 129. The van der Waals surface area contributed by atoms with E-state index in [1.54, 1.807) is 0 Å². The summed E-state index contributed by atoms with van der Waals surface area (Å²) in [7, 11) is 0. The molecule has 0 fully saturated rings. The molecule has 0 saturated carbocycles. The van der Waals surface area contributed by atoms with Crippen molar-refractivity contribution in [3.05, 3.63) is 10.6 Å². The van der Waals surface area contributed by atoms with Crippen molar-refractivity contribution < 1.29 is 57.8 Å². The first-order valence-electron chi connectivity index (χ1n) is 7.52. The summed E-state index contributed by atoms with van der Waals surface area (Å²) in [5, 5.41) is 8.74. The zero-order valence-electron chi connectivity index (χ0n) is 14.9. The van der Waals surface area contributed by atoms with Crippen molar-refractivity contribution in [1.29, 1.82) is 0 Å². The second-order valence-corrected chi connectivity index (χ2v) is 6.75. The molecule has 0 aliphatic carbocycles. The third-order valence-corrected chi connectivity index (χ3v) is 1.98. The molecule has 20 heavy (non-hydrogen) atoms. The number of halogens is 1. The first kappa shape index (κ1) is 29.7. The molecule has 0 rings (SSSR count). The van der Waals surface area contributed by atoms with Crippen LogP contribution in [0.3, 0.4) is 0 Å². The Morgan fingerprint density at radius 2 is 0.650 bits per heavy atom. The zero-order valence-corrected chi connectivity index (χ0v) is 19.7. The molecule has 2 nitrogen and oxygen atoms in total. The Kier molecular flexibility index (Phi) is 30.8. The second-order valence-electron chi connectivity index (χ2n) is 6.75. The minimum absolute atomic E-state index is 0. The molecule has 0 amide bonds. The molecular formula is C16H36BrN2Nd. The van der Waals surface area contributed by atoms with Crippen molar-refractivity contribution in [2.75, 3.05) is 26.2 Å². The van der Waals surface area contributed by atoms with Gasteiger partial charge in [0.25, 0.3) is 0 Å². The number of hydrogen-bond acceptors (Lipinski definition) is 0. The fraction of sp³-hybridized carbons (Fsp3) is 1.00. The van der Waals surface area contributed by atoms with Gasteiger partial charge in [-0.2, -0.15) is 0 Å². The molecule has 0 aliphatic rings. The Balaban J connectivity index is -0.000000116. The third kappa shape index (κ3) is 36.7. The summed E-state index contributed by atoms with van der Waals surface area (Å²) in [5.74, 6) is 2.90. The predicted octanol–water partition coefficient (Wildman–Crippen LogP) is 2.35. The monoisotopic (exact) mass is 477 g/mol. The molecule has 0 spiro atoms. The molecule has 0 aliphatic heterocycles. The normalized spacial score (nSPS) is 10.2. The molecule has 0 unspecified atom stereocenters.